The number of benzene rings is 2. The van der Waals surface area contributed by atoms with Crippen LogP contribution in [0.25, 0.3) is 0 Å². The molecule has 0 unspecified atom stereocenters. The van der Waals surface area contributed by atoms with Gasteiger partial charge in [0.05, 0.1) is 19.6 Å². The Morgan fingerprint density at radius 2 is 1.82 bits per heavy atom. The molecule has 0 saturated carbocycles. The fourth-order valence-corrected chi connectivity index (χ4v) is 3.82. The van der Waals surface area contributed by atoms with Crippen molar-refractivity contribution in [3.8, 4) is 11.5 Å². The molecular formula is C23H26F4N2O4. The Kier molecular flexibility index (Phi) is 8.15. The van der Waals surface area contributed by atoms with Gasteiger partial charge in [-0.3, -0.25) is 4.79 Å². The molecule has 2 aromatic rings. The standard InChI is InChI=1S/C23H26F4N2O4/c1-32-20-9-6-16(13-18(20)24)22(31)19(14-29-10-2-3-11-29)28-21(30)12-15-4-7-17(8-5-15)33-23(25,26)27/h4-9,13,19,22,31H,2-3,10-12,14H2,1H3,(H,28,30)/t19-,22-/m1/s1. The van der Waals surface area contributed by atoms with Crippen LogP contribution in [-0.2, 0) is 11.2 Å². The van der Waals surface area contributed by atoms with Crippen molar-refractivity contribution in [3.05, 3.63) is 59.4 Å². The molecule has 1 saturated heterocycles. The number of methoxy groups -OCH3 is 1. The molecule has 1 aliphatic heterocycles. The largest absolute Gasteiger partial charge is 0.573 e. The van der Waals surface area contributed by atoms with Crippen LogP contribution in [0.1, 0.15) is 30.1 Å². The number of aliphatic hydroxyl groups excluding tert-OH is 1. The number of hydrogen-bond donors (Lipinski definition) is 2. The maximum Gasteiger partial charge on any atom is 0.573 e. The summed E-state index contributed by atoms with van der Waals surface area (Å²) in [7, 11) is 1.34. The molecule has 2 atom stereocenters. The Morgan fingerprint density at radius 3 is 2.39 bits per heavy atom. The van der Waals surface area contributed by atoms with Gasteiger partial charge in [0.25, 0.3) is 0 Å². The molecule has 1 fully saturated rings. The summed E-state index contributed by atoms with van der Waals surface area (Å²) in [5.74, 6) is -1.38. The second-order valence-corrected chi connectivity index (χ2v) is 7.89. The zero-order chi connectivity index (χ0) is 24.0. The van der Waals surface area contributed by atoms with Gasteiger partial charge in [0.15, 0.2) is 11.6 Å². The van der Waals surface area contributed by atoms with Crippen molar-refractivity contribution in [1.29, 1.82) is 0 Å². The normalized spacial score (nSPS) is 16.3. The number of alkyl halides is 3. The number of rotatable bonds is 9. The van der Waals surface area contributed by atoms with E-state index in [1.165, 1.54) is 37.4 Å². The van der Waals surface area contributed by atoms with E-state index < -0.39 is 30.2 Å². The number of hydrogen-bond acceptors (Lipinski definition) is 5. The molecule has 0 radical (unpaired) electrons. The molecule has 2 aromatic carbocycles. The van der Waals surface area contributed by atoms with Crippen LogP contribution in [0, 0.1) is 5.82 Å². The summed E-state index contributed by atoms with van der Waals surface area (Å²) < 4.78 is 59.8. The third kappa shape index (κ3) is 7.33. The number of carbonyl (C=O) groups excluding carboxylic acids is 1. The lowest BCUT2D eigenvalue weighted by Gasteiger charge is -2.29. The smallest absolute Gasteiger partial charge is 0.494 e. The van der Waals surface area contributed by atoms with E-state index in [1.54, 1.807) is 0 Å². The van der Waals surface area contributed by atoms with Gasteiger partial charge in [-0.15, -0.1) is 13.2 Å². The van der Waals surface area contributed by atoms with Crippen LogP contribution in [-0.4, -0.2) is 55.1 Å². The van der Waals surface area contributed by atoms with E-state index in [4.69, 9.17) is 4.74 Å². The summed E-state index contributed by atoms with van der Waals surface area (Å²) in [6.45, 7) is 2.03. The number of aliphatic hydroxyl groups is 1. The first-order chi connectivity index (χ1) is 15.6. The Morgan fingerprint density at radius 1 is 1.15 bits per heavy atom. The SMILES string of the molecule is COc1ccc([C@@H](O)[C@@H](CN2CCCC2)NC(=O)Cc2ccc(OC(F)(F)F)cc2)cc1F. The third-order valence-corrected chi connectivity index (χ3v) is 5.42. The second-order valence-electron chi connectivity index (χ2n) is 7.89. The van der Waals surface area contributed by atoms with Crippen LogP contribution in [0.3, 0.4) is 0 Å². The molecule has 1 aliphatic rings. The van der Waals surface area contributed by atoms with Gasteiger partial charge in [0.1, 0.15) is 11.9 Å². The highest BCUT2D eigenvalue weighted by Gasteiger charge is 2.31. The van der Waals surface area contributed by atoms with E-state index in [0.29, 0.717) is 17.7 Å². The third-order valence-electron chi connectivity index (χ3n) is 5.42. The lowest BCUT2D eigenvalue weighted by Crippen LogP contribution is -2.47. The maximum atomic E-state index is 14.2. The molecule has 180 valence electrons. The summed E-state index contributed by atoms with van der Waals surface area (Å²) >= 11 is 0. The highest BCUT2D eigenvalue weighted by Crippen LogP contribution is 2.26. The summed E-state index contributed by atoms with van der Waals surface area (Å²) in [6.07, 6.45) is -4.04. The average Bonchev–Trinajstić information content (AvgIpc) is 3.26. The summed E-state index contributed by atoms with van der Waals surface area (Å²) in [5, 5.41) is 13.7. The molecule has 0 aromatic heterocycles. The van der Waals surface area contributed by atoms with Gasteiger partial charge in [-0.2, -0.15) is 0 Å². The number of ether oxygens (including phenoxy) is 2. The van der Waals surface area contributed by atoms with Crippen LogP contribution in [0.5, 0.6) is 11.5 Å². The molecule has 10 heteroatoms. The van der Waals surface area contributed by atoms with Crippen LogP contribution in [0.15, 0.2) is 42.5 Å². The highest BCUT2D eigenvalue weighted by molar-refractivity contribution is 5.79. The van der Waals surface area contributed by atoms with E-state index in [9.17, 15) is 27.5 Å². The monoisotopic (exact) mass is 470 g/mol. The fraction of sp³-hybridized carbons (Fsp3) is 0.435. The molecular weight excluding hydrogens is 444 g/mol. The fourth-order valence-electron chi connectivity index (χ4n) is 3.82. The second kappa shape index (κ2) is 10.8. The van der Waals surface area contributed by atoms with E-state index in [1.807, 2.05) is 0 Å². The first-order valence-electron chi connectivity index (χ1n) is 10.5. The van der Waals surface area contributed by atoms with Gasteiger partial charge in [-0.1, -0.05) is 18.2 Å². The van der Waals surface area contributed by atoms with Crippen molar-refractivity contribution in [2.24, 2.45) is 0 Å². The summed E-state index contributed by atoms with van der Waals surface area (Å²) in [6, 6.07) is 8.40. The van der Waals surface area contributed by atoms with Crippen LogP contribution in [0.4, 0.5) is 17.6 Å². The molecule has 0 bridgehead atoms. The number of likely N-dealkylation sites (tertiary alicyclic amines) is 1. The van der Waals surface area contributed by atoms with E-state index >= 15 is 0 Å². The van der Waals surface area contributed by atoms with Crippen LogP contribution >= 0.6 is 0 Å². The molecule has 6 nitrogen and oxygen atoms in total. The first-order valence-corrected chi connectivity index (χ1v) is 10.5. The Labute approximate surface area is 189 Å². The Hall–Kier alpha value is -2.85. The zero-order valence-corrected chi connectivity index (χ0v) is 18.1. The Balaban J connectivity index is 1.68. The average molecular weight is 470 g/mol. The van der Waals surface area contributed by atoms with Crippen molar-refractivity contribution in [2.75, 3.05) is 26.7 Å². The molecule has 33 heavy (non-hydrogen) atoms. The zero-order valence-electron chi connectivity index (χ0n) is 18.1. The van der Waals surface area contributed by atoms with Gasteiger partial charge in [0, 0.05) is 6.54 Å². The number of nitrogens with zero attached hydrogens (tertiary/aromatic N) is 1. The van der Waals surface area contributed by atoms with Gasteiger partial charge < -0.3 is 24.8 Å². The highest BCUT2D eigenvalue weighted by atomic mass is 19.4. The van der Waals surface area contributed by atoms with E-state index in [-0.39, 0.29) is 17.9 Å². The number of halogens is 4. The molecule has 1 heterocycles. The predicted octanol–water partition coefficient (Wildman–Crippen LogP) is 3.59. The number of nitrogens with one attached hydrogen (secondary N) is 1. The number of carbonyl (C=O) groups is 1. The maximum absolute atomic E-state index is 14.2. The number of amides is 1. The first kappa shape index (κ1) is 24.8. The molecule has 3 rings (SSSR count). The topological polar surface area (TPSA) is 71.0 Å². The van der Waals surface area contributed by atoms with Gasteiger partial charge >= 0.3 is 6.36 Å². The minimum atomic E-state index is -4.79. The van der Waals surface area contributed by atoms with Crippen LogP contribution in [0.2, 0.25) is 0 Å². The molecule has 0 aliphatic carbocycles. The molecule has 0 spiro atoms. The molecule has 2 N–H and O–H groups in total. The van der Waals surface area contributed by atoms with Crippen molar-refractivity contribution in [1.82, 2.24) is 10.2 Å². The molecule has 1 amide bonds. The van der Waals surface area contributed by atoms with E-state index in [0.717, 1.165) is 38.1 Å². The van der Waals surface area contributed by atoms with Gasteiger partial charge in [-0.05, 0) is 61.3 Å². The minimum Gasteiger partial charge on any atom is -0.494 e. The van der Waals surface area contributed by atoms with Crippen molar-refractivity contribution >= 4 is 5.91 Å². The Bertz CT molecular complexity index is 931. The van der Waals surface area contributed by atoms with Crippen molar-refractivity contribution in [2.45, 2.75) is 37.8 Å². The van der Waals surface area contributed by atoms with Crippen molar-refractivity contribution < 1.29 is 36.9 Å². The van der Waals surface area contributed by atoms with Gasteiger partial charge in [-0.25, -0.2) is 4.39 Å². The minimum absolute atomic E-state index is 0.0454. The predicted molar refractivity (Wildman–Crippen MR) is 112 cm³/mol. The lowest BCUT2D eigenvalue weighted by molar-refractivity contribution is -0.274. The summed E-state index contributed by atoms with van der Waals surface area (Å²) in [5.41, 5.74) is 0.776. The van der Waals surface area contributed by atoms with Crippen LogP contribution < -0.4 is 14.8 Å². The van der Waals surface area contributed by atoms with Gasteiger partial charge in [0.2, 0.25) is 5.91 Å². The lowest BCUT2D eigenvalue weighted by atomic mass is 10.0. The quantitative estimate of drug-likeness (QED) is 0.549. The summed E-state index contributed by atoms with van der Waals surface area (Å²) in [4.78, 5) is 14.8. The van der Waals surface area contributed by atoms with E-state index in [2.05, 4.69) is 15.0 Å². The van der Waals surface area contributed by atoms with Crippen molar-refractivity contribution in [3.63, 3.8) is 0 Å².